The number of carboxylic acid groups (broad SMARTS) is 2. The Kier molecular flexibility index (Phi) is 12.9. The van der Waals surface area contributed by atoms with Crippen LogP contribution in [0.4, 0.5) is 0 Å². The molecule has 4 atom stereocenters. The zero-order valence-corrected chi connectivity index (χ0v) is 19.1. The summed E-state index contributed by atoms with van der Waals surface area (Å²) >= 11 is 0. The third kappa shape index (κ3) is 10.9. The van der Waals surface area contributed by atoms with Gasteiger partial charge in [-0.3, -0.25) is 19.2 Å². The quantitative estimate of drug-likeness (QED) is 0.0963. The maximum absolute atomic E-state index is 12.7. The Bertz CT molecular complexity index is 849. The number of aliphatic hydroxyl groups is 1. The summed E-state index contributed by atoms with van der Waals surface area (Å²) in [6, 6.07) is -5.18. The van der Waals surface area contributed by atoms with E-state index < -0.39 is 66.9 Å². The number of aromatic amines is 1. The lowest BCUT2D eigenvalue weighted by atomic mass is 10.1. The van der Waals surface area contributed by atoms with Crippen LogP contribution in [0.1, 0.15) is 37.8 Å². The normalized spacial score (nSPS) is 14.3. The zero-order valence-electron chi connectivity index (χ0n) is 19.1. The summed E-state index contributed by atoms with van der Waals surface area (Å²) in [5.74, 6) is -5.13. The van der Waals surface area contributed by atoms with Gasteiger partial charge in [0.05, 0.1) is 19.0 Å². The lowest BCUT2D eigenvalue weighted by molar-refractivity contribution is -0.143. The van der Waals surface area contributed by atoms with Crippen LogP contribution in [0.2, 0.25) is 0 Å². The highest BCUT2D eigenvalue weighted by molar-refractivity contribution is 5.94. The molecule has 196 valence electrons. The van der Waals surface area contributed by atoms with E-state index in [2.05, 4.69) is 25.9 Å². The standard InChI is InChI=1S/C20H33N7O8/c21-6-2-1-3-13(18(32)26-14(20(34)35)4-5-16(29)30)25-19(33)15(9-28)27-17(31)12(22)7-11-8-23-10-24-11/h8,10,12-15,28H,1-7,9,21-22H2,(H,23,24)(H,25,33)(H,26,32)(H,27,31)(H,29,30)(H,34,35). The molecule has 1 rings (SSSR count). The first-order chi connectivity index (χ1) is 16.6. The summed E-state index contributed by atoms with van der Waals surface area (Å²) in [6.07, 6.45) is 3.16. The van der Waals surface area contributed by atoms with Gasteiger partial charge >= 0.3 is 11.9 Å². The van der Waals surface area contributed by atoms with E-state index in [1.54, 1.807) is 0 Å². The molecule has 1 heterocycles. The second-order valence-electron chi connectivity index (χ2n) is 7.81. The summed E-state index contributed by atoms with van der Waals surface area (Å²) in [5, 5.41) is 34.6. The first-order valence-corrected chi connectivity index (χ1v) is 11.0. The molecule has 0 saturated heterocycles. The fourth-order valence-corrected chi connectivity index (χ4v) is 3.03. The minimum absolute atomic E-state index is 0.0888. The predicted octanol–water partition coefficient (Wildman–Crippen LogP) is -3.20. The molecule has 35 heavy (non-hydrogen) atoms. The van der Waals surface area contributed by atoms with Crippen molar-refractivity contribution in [2.45, 2.75) is 62.7 Å². The van der Waals surface area contributed by atoms with Crippen molar-refractivity contribution in [2.24, 2.45) is 11.5 Å². The van der Waals surface area contributed by atoms with Crippen molar-refractivity contribution in [2.75, 3.05) is 13.2 Å². The van der Waals surface area contributed by atoms with E-state index in [9.17, 15) is 34.2 Å². The number of nitrogens with two attached hydrogens (primary N) is 2. The molecule has 0 aliphatic carbocycles. The number of unbranched alkanes of at least 4 members (excludes halogenated alkanes) is 1. The zero-order chi connectivity index (χ0) is 26.4. The van der Waals surface area contributed by atoms with Gasteiger partial charge < -0.3 is 47.7 Å². The highest BCUT2D eigenvalue weighted by atomic mass is 16.4. The average molecular weight is 500 g/mol. The number of imidazole rings is 1. The maximum atomic E-state index is 12.7. The van der Waals surface area contributed by atoms with Crippen molar-refractivity contribution in [3.05, 3.63) is 18.2 Å². The number of nitrogens with one attached hydrogen (secondary N) is 4. The number of H-pyrrole nitrogens is 1. The molecule has 0 saturated carbocycles. The molecule has 1 aromatic heterocycles. The first kappa shape index (κ1) is 29.5. The van der Waals surface area contributed by atoms with E-state index in [0.717, 1.165) is 0 Å². The van der Waals surface area contributed by atoms with Crippen LogP contribution in [0.25, 0.3) is 0 Å². The Morgan fingerprint density at radius 3 is 2.11 bits per heavy atom. The molecule has 0 spiro atoms. The van der Waals surface area contributed by atoms with Crippen molar-refractivity contribution in [1.82, 2.24) is 25.9 Å². The van der Waals surface area contributed by atoms with Gasteiger partial charge in [-0.05, 0) is 32.2 Å². The van der Waals surface area contributed by atoms with Gasteiger partial charge in [0.25, 0.3) is 0 Å². The fraction of sp³-hybridized carbons (Fsp3) is 0.600. The average Bonchev–Trinajstić information content (AvgIpc) is 3.31. The van der Waals surface area contributed by atoms with E-state index in [-0.39, 0.29) is 19.3 Å². The molecule has 0 aliphatic heterocycles. The van der Waals surface area contributed by atoms with Gasteiger partial charge in [-0.25, -0.2) is 9.78 Å². The van der Waals surface area contributed by atoms with Crippen molar-refractivity contribution in [1.29, 1.82) is 0 Å². The smallest absolute Gasteiger partial charge is 0.326 e. The molecular weight excluding hydrogens is 466 g/mol. The van der Waals surface area contributed by atoms with Crippen LogP contribution in [0.15, 0.2) is 12.5 Å². The lowest BCUT2D eigenvalue weighted by Crippen LogP contribution is -2.58. The Hall–Kier alpha value is -3.56. The molecule has 0 radical (unpaired) electrons. The number of rotatable bonds is 17. The SMILES string of the molecule is NCCCCC(NC(=O)C(CO)NC(=O)C(N)Cc1cnc[nH]1)C(=O)NC(CCC(=O)O)C(=O)O. The van der Waals surface area contributed by atoms with Gasteiger partial charge in [-0.1, -0.05) is 0 Å². The van der Waals surface area contributed by atoms with Crippen molar-refractivity contribution in [3.8, 4) is 0 Å². The monoisotopic (exact) mass is 499 g/mol. The summed E-state index contributed by atoms with van der Waals surface area (Å²) in [7, 11) is 0. The minimum atomic E-state index is -1.48. The van der Waals surface area contributed by atoms with Crippen LogP contribution in [0.5, 0.6) is 0 Å². The number of hydrogen-bond acceptors (Lipinski definition) is 9. The van der Waals surface area contributed by atoms with Crippen molar-refractivity contribution < 1.29 is 39.3 Å². The fourth-order valence-electron chi connectivity index (χ4n) is 3.03. The molecule has 0 aliphatic rings. The van der Waals surface area contributed by atoms with E-state index in [1.807, 2.05) is 0 Å². The van der Waals surface area contributed by atoms with Gasteiger partial charge in [-0.15, -0.1) is 0 Å². The summed E-state index contributed by atoms with van der Waals surface area (Å²) in [5.41, 5.74) is 11.9. The highest BCUT2D eigenvalue weighted by Gasteiger charge is 2.30. The van der Waals surface area contributed by atoms with E-state index in [0.29, 0.717) is 25.1 Å². The number of amides is 3. The second kappa shape index (κ2) is 15.4. The topological polar surface area (TPSA) is 263 Å². The molecule has 15 heteroatoms. The molecule has 11 N–H and O–H groups in total. The third-order valence-corrected chi connectivity index (χ3v) is 4.99. The van der Waals surface area contributed by atoms with E-state index in [4.69, 9.17) is 16.6 Å². The van der Waals surface area contributed by atoms with Crippen molar-refractivity contribution >= 4 is 29.7 Å². The highest BCUT2D eigenvalue weighted by Crippen LogP contribution is 2.05. The predicted molar refractivity (Wildman–Crippen MR) is 121 cm³/mol. The Morgan fingerprint density at radius 1 is 0.943 bits per heavy atom. The number of nitrogens with zero attached hydrogens (tertiary/aromatic N) is 1. The minimum Gasteiger partial charge on any atom is -0.481 e. The molecular formula is C20H33N7O8. The van der Waals surface area contributed by atoms with Crippen LogP contribution in [0.3, 0.4) is 0 Å². The van der Waals surface area contributed by atoms with Crippen LogP contribution in [-0.4, -0.2) is 92.3 Å². The molecule has 0 fully saturated rings. The maximum Gasteiger partial charge on any atom is 0.326 e. The number of carbonyl (C=O) groups is 5. The van der Waals surface area contributed by atoms with Gasteiger partial charge in [0, 0.05) is 24.7 Å². The molecule has 0 aromatic carbocycles. The van der Waals surface area contributed by atoms with E-state index in [1.165, 1.54) is 12.5 Å². The van der Waals surface area contributed by atoms with Gasteiger partial charge in [0.2, 0.25) is 17.7 Å². The number of carboxylic acids is 2. The van der Waals surface area contributed by atoms with Crippen LogP contribution >= 0.6 is 0 Å². The number of hydrogen-bond donors (Lipinski definition) is 9. The number of aromatic nitrogens is 2. The van der Waals surface area contributed by atoms with Crippen LogP contribution in [0, 0.1) is 0 Å². The number of aliphatic carboxylic acids is 2. The number of aliphatic hydroxyl groups excluding tert-OH is 1. The van der Waals surface area contributed by atoms with Crippen molar-refractivity contribution in [3.63, 3.8) is 0 Å². The molecule has 1 aromatic rings. The Labute approximate surface area is 201 Å². The Balaban J connectivity index is 2.82. The van der Waals surface area contributed by atoms with E-state index >= 15 is 0 Å². The second-order valence-corrected chi connectivity index (χ2v) is 7.81. The van der Waals surface area contributed by atoms with Crippen LogP contribution in [-0.2, 0) is 30.4 Å². The van der Waals surface area contributed by atoms with Gasteiger partial charge in [-0.2, -0.15) is 0 Å². The molecule has 0 bridgehead atoms. The summed E-state index contributed by atoms with van der Waals surface area (Å²) in [4.78, 5) is 66.5. The lowest BCUT2D eigenvalue weighted by Gasteiger charge is -2.24. The largest absolute Gasteiger partial charge is 0.481 e. The summed E-state index contributed by atoms with van der Waals surface area (Å²) < 4.78 is 0. The Morgan fingerprint density at radius 2 is 1.57 bits per heavy atom. The van der Waals surface area contributed by atoms with Gasteiger partial charge in [0.1, 0.15) is 18.1 Å². The number of carbonyl (C=O) groups excluding carboxylic acids is 3. The third-order valence-electron chi connectivity index (χ3n) is 4.99. The molecule has 4 unspecified atom stereocenters. The summed E-state index contributed by atoms with van der Waals surface area (Å²) in [6.45, 7) is -0.468. The first-order valence-electron chi connectivity index (χ1n) is 11.0. The molecule has 15 nitrogen and oxygen atoms in total. The molecule has 3 amide bonds. The van der Waals surface area contributed by atoms with Crippen LogP contribution < -0.4 is 27.4 Å². The van der Waals surface area contributed by atoms with Gasteiger partial charge in [0.15, 0.2) is 0 Å².